The molecule has 33 heavy (non-hydrogen) atoms. The van der Waals surface area contributed by atoms with Gasteiger partial charge < -0.3 is 15.0 Å². The van der Waals surface area contributed by atoms with E-state index >= 15 is 0 Å². The lowest BCUT2D eigenvalue weighted by Crippen LogP contribution is -2.44. The third kappa shape index (κ3) is 4.44. The van der Waals surface area contributed by atoms with Crippen molar-refractivity contribution in [3.63, 3.8) is 0 Å². The first-order valence-corrected chi connectivity index (χ1v) is 10.5. The highest BCUT2D eigenvalue weighted by Crippen LogP contribution is 2.33. The fourth-order valence-corrected chi connectivity index (χ4v) is 3.69. The molecule has 2 aliphatic carbocycles. The van der Waals surface area contributed by atoms with Crippen LogP contribution in [0.3, 0.4) is 0 Å². The first-order valence-electron chi connectivity index (χ1n) is 10.5. The minimum Gasteiger partial charge on any atom is -0.443 e. The van der Waals surface area contributed by atoms with Gasteiger partial charge in [-0.05, 0) is 44.0 Å². The third-order valence-corrected chi connectivity index (χ3v) is 5.34. The summed E-state index contributed by atoms with van der Waals surface area (Å²) in [4.78, 5) is 34.5. The van der Waals surface area contributed by atoms with Crippen molar-refractivity contribution < 1.29 is 14.3 Å². The lowest BCUT2D eigenvalue weighted by molar-refractivity contribution is 0.0232. The average Bonchev–Trinajstić information content (AvgIpc) is 3.19. The summed E-state index contributed by atoms with van der Waals surface area (Å²) in [6.45, 7) is 5.51. The molecule has 0 saturated carbocycles. The number of hydrogen-bond donors (Lipinski definition) is 1. The van der Waals surface area contributed by atoms with Gasteiger partial charge in [0.1, 0.15) is 11.3 Å². The Hall–Kier alpha value is -4.12. The minimum atomic E-state index is -0.681. The van der Waals surface area contributed by atoms with Crippen molar-refractivity contribution in [2.24, 2.45) is 7.05 Å². The molecule has 168 valence electrons. The number of nitrogen functional groups attached to an aromatic ring is 1. The summed E-state index contributed by atoms with van der Waals surface area (Å²) in [6.07, 6.45) is 6.86. The van der Waals surface area contributed by atoms with Crippen LogP contribution in [-0.4, -0.2) is 43.6 Å². The van der Waals surface area contributed by atoms with E-state index in [1.54, 1.807) is 26.8 Å². The smallest absolute Gasteiger partial charge is 0.417 e. The van der Waals surface area contributed by atoms with Gasteiger partial charge in [0.25, 0.3) is 5.91 Å². The Labute approximate surface area is 192 Å². The molecule has 0 fully saturated rings. The van der Waals surface area contributed by atoms with E-state index in [1.165, 1.54) is 17.3 Å². The van der Waals surface area contributed by atoms with Crippen LogP contribution in [0.5, 0.6) is 0 Å². The number of rotatable bonds is 1. The molecule has 2 N–H and O–H groups in total. The monoisotopic (exact) mass is 443 g/mol. The van der Waals surface area contributed by atoms with Gasteiger partial charge >= 0.3 is 6.09 Å². The molecule has 8 heteroatoms. The third-order valence-electron chi connectivity index (χ3n) is 5.34. The second-order valence-electron chi connectivity index (χ2n) is 8.85. The summed E-state index contributed by atoms with van der Waals surface area (Å²) >= 11 is 0. The number of anilines is 1. The van der Waals surface area contributed by atoms with Crippen LogP contribution in [0.25, 0.3) is 22.5 Å². The number of imide groups is 1. The van der Waals surface area contributed by atoms with Crippen LogP contribution in [-0.2, 0) is 18.2 Å². The van der Waals surface area contributed by atoms with Crippen LogP contribution in [0.4, 0.5) is 10.7 Å². The van der Waals surface area contributed by atoms with Gasteiger partial charge in [0.15, 0.2) is 0 Å². The highest BCUT2D eigenvalue weighted by atomic mass is 16.6. The second kappa shape index (κ2) is 8.10. The predicted octanol–water partition coefficient (Wildman–Crippen LogP) is 3.65. The number of benzene rings is 1. The normalized spacial score (nSPS) is 13.4. The van der Waals surface area contributed by atoms with Gasteiger partial charge in [-0.3, -0.25) is 4.79 Å². The van der Waals surface area contributed by atoms with Gasteiger partial charge in [0.05, 0.1) is 16.8 Å². The fraction of sp³-hybridized carbons (Fsp3) is 0.280. The molecule has 0 aromatic carbocycles. The quantitative estimate of drug-likeness (QED) is 0.451. The maximum absolute atomic E-state index is 12.9. The fourth-order valence-electron chi connectivity index (χ4n) is 3.69. The van der Waals surface area contributed by atoms with Crippen LogP contribution in [0.15, 0.2) is 36.5 Å². The van der Waals surface area contributed by atoms with E-state index in [0.29, 0.717) is 28.9 Å². The van der Waals surface area contributed by atoms with Crippen molar-refractivity contribution in [2.45, 2.75) is 32.8 Å². The molecule has 1 aliphatic heterocycles. The van der Waals surface area contributed by atoms with Crippen molar-refractivity contribution in [3.8, 4) is 34.9 Å². The zero-order valence-corrected chi connectivity index (χ0v) is 19.0. The SMILES string of the molecule is C#Cc1cnc(N)nc1-c1cc2c(n1C)CCN(C(=O)OC(C)(C)C)C2=O.c1cc2cc-2c1. The molecule has 0 atom stereocenters. The Morgan fingerprint density at radius 2 is 1.94 bits per heavy atom. The van der Waals surface area contributed by atoms with Gasteiger partial charge in [-0.25, -0.2) is 19.7 Å². The number of amides is 2. The van der Waals surface area contributed by atoms with E-state index in [0.717, 1.165) is 10.6 Å². The molecule has 0 saturated heterocycles. The van der Waals surface area contributed by atoms with Gasteiger partial charge in [0.2, 0.25) is 5.95 Å². The molecule has 2 amide bonds. The van der Waals surface area contributed by atoms with Crippen molar-refractivity contribution in [1.82, 2.24) is 19.4 Å². The van der Waals surface area contributed by atoms with E-state index in [2.05, 4.69) is 40.2 Å². The Bertz CT molecular complexity index is 1290. The highest BCUT2D eigenvalue weighted by Gasteiger charge is 2.35. The predicted molar refractivity (Wildman–Crippen MR) is 125 cm³/mol. The highest BCUT2D eigenvalue weighted by molar-refractivity contribution is 6.05. The first kappa shape index (κ1) is 22.1. The molecule has 0 spiro atoms. The summed E-state index contributed by atoms with van der Waals surface area (Å²) in [5.41, 5.74) is 10.7. The standard InChI is InChI=1S/C19H21N5O3.C6H4/c1-6-11-10-21-17(20)22-15(11)14-9-12-13(23(14)5)7-8-24(16(12)25)18(26)27-19(2,3)4;1-2-5-4-6(5)3-1/h1,9-10H,7-8H2,2-5H3,(H2,20,21,22);1-4H. The Morgan fingerprint density at radius 3 is 2.48 bits per heavy atom. The van der Waals surface area contributed by atoms with Crippen molar-refractivity contribution >= 4 is 17.9 Å². The minimum absolute atomic E-state index is 0.0879. The number of hydrogen-bond acceptors (Lipinski definition) is 6. The zero-order chi connectivity index (χ0) is 23.9. The van der Waals surface area contributed by atoms with Crippen LogP contribution in [0.1, 0.15) is 42.4 Å². The summed E-state index contributed by atoms with van der Waals surface area (Å²) < 4.78 is 7.18. The van der Waals surface area contributed by atoms with E-state index in [4.69, 9.17) is 16.9 Å². The maximum atomic E-state index is 12.9. The number of carbonyl (C=O) groups is 2. The number of fused-ring (bicyclic) bond motifs is 2. The van der Waals surface area contributed by atoms with Gasteiger partial charge in [-0.1, -0.05) is 24.1 Å². The van der Waals surface area contributed by atoms with Crippen LogP contribution in [0, 0.1) is 12.3 Å². The largest absolute Gasteiger partial charge is 0.443 e. The first-order chi connectivity index (χ1) is 15.6. The summed E-state index contributed by atoms with van der Waals surface area (Å²) in [6, 6.07) is 10.2. The lowest BCUT2D eigenvalue weighted by atomic mass is 10.1. The molecule has 5 rings (SSSR count). The number of carbonyl (C=O) groups excluding carboxylic acids is 2. The van der Waals surface area contributed by atoms with Gasteiger partial charge in [-0.15, -0.1) is 6.42 Å². The van der Waals surface area contributed by atoms with E-state index in [1.807, 2.05) is 11.6 Å². The summed E-state index contributed by atoms with van der Waals surface area (Å²) in [5.74, 6) is 2.21. The Balaban J connectivity index is 0.000000367. The topological polar surface area (TPSA) is 103 Å². The van der Waals surface area contributed by atoms with Crippen LogP contribution in [0.2, 0.25) is 0 Å². The maximum Gasteiger partial charge on any atom is 0.417 e. The van der Waals surface area contributed by atoms with Gasteiger partial charge in [0, 0.05) is 31.9 Å². The molecule has 8 nitrogen and oxygen atoms in total. The van der Waals surface area contributed by atoms with Crippen molar-refractivity contribution in [2.75, 3.05) is 12.3 Å². The number of terminal acetylenes is 1. The molecule has 2 aromatic rings. The molecule has 0 unspecified atom stereocenters. The summed E-state index contributed by atoms with van der Waals surface area (Å²) in [7, 11) is 1.82. The molecule has 3 heterocycles. The average molecular weight is 444 g/mol. The van der Waals surface area contributed by atoms with Gasteiger partial charge in [-0.2, -0.15) is 0 Å². The van der Waals surface area contributed by atoms with Crippen LogP contribution >= 0.6 is 0 Å². The number of ether oxygens (including phenoxy) is 1. The molecular weight excluding hydrogens is 418 g/mol. The van der Waals surface area contributed by atoms with E-state index in [9.17, 15) is 9.59 Å². The number of nitrogens with zero attached hydrogens (tertiary/aromatic N) is 4. The lowest BCUT2D eigenvalue weighted by Gasteiger charge is -2.28. The van der Waals surface area contributed by atoms with E-state index in [-0.39, 0.29) is 12.5 Å². The summed E-state index contributed by atoms with van der Waals surface area (Å²) in [5, 5.41) is 0. The Kier molecular flexibility index (Phi) is 5.42. The van der Waals surface area contributed by atoms with E-state index < -0.39 is 17.6 Å². The molecular formula is C25H25N5O3. The van der Waals surface area contributed by atoms with Crippen molar-refractivity contribution in [3.05, 3.63) is 53.3 Å². The Morgan fingerprint density at radius 1 is 1.24 bits per heavy atom. The number of nitrogens with two attached hydrogens (primary N) is 1. The second-order valence-corrected chi connectivity index (χ2v) is 8.85. The van der Waals surface area contributed by atoms with Crippen molar-refractivity contribution in [1.29, 1.82) is 0 Å². The molecule has 0 bridgehead atoms. The zero-order valence-electron chi connectivity index (χ0n) is 19.0. The molecule has 3 aliphatic rings. The molecule has 0 radical (unpaired) electrons. The number of aromatic nitrogens is 3. The van der Waals surface area contributed by atoms with Crippen LogP contribution < -0.4 is 5.73 Å². The molecule has 2 aromatic heterocycles.